The molecule has 4 heteroatoms. The number of ketones is 1. The second kappa shape index (κ2) is 4.79. The van der Waals surface area contributed by atoms with Gasteiger partial charge in [-0.2, -0.15) is 0 Å². The Morgan fingerprint density at radius 1 is 1.17 bits per heavy atom. The largest absolute Gasteiger partial charge is 0.392 e. The number of carbonyl (C=O) groups is 2. The summed E-state index contributed by atoms with van der Waals surface area (Å²) in [5, 5.41) is 22.1. The molecule has 0 aromatic rings. The van der Waals surface area contributed by atoms with Crippen molar-refractivity contribution in [2.24, 2.45) is 34.0 Å². The number of aliphatic hydroxyl groups is 2. The molecule has 4 aliphatic carbocycles. The number of hydrogen-bond acceptors (Lipinski definition) is 4. The van der Waals surface area contributed by atoms with Gasteiger partial charge in [0, 0.05) is 11.3 Å². The van der Waals surface area contributed by atoms with E-state index in [9.17, 15) is 19.8 Å². The van der Waals surface area contributed by atoms with Crippen LogP contribution in [0.15, 0.2) is 12.2 Å². The lowest BCUT2D eigenvalue weighted by molar-refractivity contribution is -0.224. The molecule has 8 atom stereocenters. The molecule has 4 rings (SSSR count). The van der Waals surface area contributed by atoms with E-state index in [1.807, 2.05) is 6.92 Å². The number of hydrogen-bond donors (Lipinski definition) is 2. The first-order valence-electron chi connectivity index (χ1n) is 9.29. The summed E-state index contributed by atoms with van der Waals surface area (Å²) in [6.07, 6.45) is 4.11. The van der Waals surface area contributed by atoms with Gasteiger partial charge in [0.05, 0.1) is 17.6 Å². The van der Waals surface area contributed by atoms with Gasteiger partial charge >= 0.3 is 0 Å². The van der Waals surface area contributed by atoms with Gasteiger partial charge in [-0.25, -0.2) is 0 Å². The molecular formula is C20H28O4. The van der Waals surface area contributed by atoms with Crippen LogP contribution in [0.2, 0.25) is 0 Å². The molecule has 4 fully saturated rings. The highest BCUT2D eigenvalue weighted by Gasteiger charge is 2.73. The molecule has 4 nitrogen and oxygen atoms in total. The summed E-state index contributed by atoms with van der Waals surface area (Å²) < 4.78 is 0. The molecule has 0 heterocycles. The number of carbonyl (C=O) groups excluding carboxylic acids is 2. The van der Waals surface area contributed by atoms with Gasteiger partial charge in [0.15, 0.2) is 5.78 Å². The number of aliphatic hydroxyl groups excluding tert-OH is 2. The molecule has 1 spiro atoms. The van der Waals surface area contributed by atoms with Crippen LogP contribution in [0.3, 0.4) is 0 Å². The summed E-state index contributed by atoms with van der Waals surface area (Å²) in [5.74, 6) is -0.332. The highest BCUT2D eigenvalue weighted by molar-refractivity contribution is 6.04. The predicted molar refractivity (Wildman–Crippen MR) is 89.0 cm³/mol. The maximum atomic E-state index is 13.1. The average Bonchev–Trinajstić information content (AvgIpc) is 2.66. The zero-order chi connectivity index (χ0) is 17.5. The van der Waals surface area contributed by atoms with E-state index in [2.05, 4.69) is 13.5 Å². The van der Waals surface area contributed by atoms with Crippen LogP contribution >= 0.6 is 0 Å². The molecule has 0 aromatic carbocycles. The van der Waals surface area contributed by atoms with Gasteiger partial charge < -0.3 is 15.0 Å². The van der Waals surface area contributed by atoms with Crippen molar-refractivity contribution in [2.45, 2.75) is 64.6 Å². The summed E-state index contributed by atoms with van der Waals surface area (Å²) in [5.41, 5.74) is -1.23. The van der Waals surface area contributed by atoms with Crippen LogP contribution < -0.4 is 0 Å². The Morgan fingerprint density at radius 2 is 1.88 bits per heavy atom. The SMILES string of the molecule is C=C1C(=O)[C@@]23[C@H](O)C[C@H]4[C@@](C)(CCC[C@]4(C)C=O)[C@@H]2CC[C@@H]1[C@@H]3O. The smallest absolute Gasteiger partial charge is 0.170 e. The zero-order valence-electron chi connectivity index (χ0n) is 14.6. The Morgan fingerprint density at radius 3 is 2.54 bits per heavy atom. The molecule has 4 saturated carbocycles. The van der Waals surface area contributed by atoms with E-state index >= 15 is 0 Å². The van der Waals surface area contributed by atoms with E-state index < -0.39 is 23.0 Å². The quantitative estimate of drug-likeness (QED) is 0.571. The highest BCUT2D eigenvalue weighted by atomic mass is 16.3. The Hall–Kier alpha value is -1.00. The Labute approximate surface area is 143 Å². The van der Waals surface area contributed by atoms with E-state index in [0.29, 0.717) is 12.0 Å². The van der Waals surface area contributed by atoms with Crippen molar-refractivity contribution in [3.8, 4) is 0 Å². The number of Topliss-reactive ketones (excluding diaryl/α,β-unsaturated/α-hetero) is 1. The molecule has 0 aliphatic heterocycles. The molecule has 2 bridgehead atoms. The first-order valence-corrected chi connectivity index (χ1v) is 9.29. The minimum atomic E-state index is -1.09. The Kier molecular flexibility index (Phi) is 3.29. The molecule has 0 aromatic heterocycles. The van der Waals surface area contributed by atoms with Crippen molar-refractivity contribution in [1.82, 2.24) is 0 Å². The molecule has 4 aliphatic rings. The lowest BCUT2D eigenvalue weighted by Gasteiger charge is -2.64. The fourth-order valence-corrected chi connectivity index (χ4v) is 7.31. The minimum Gasteiger partial charge on any atom is -0.392 e. The molecule has 0 amide bonds. The van der Waals surface area contributed by atoms with Crippen LogP contribution in [0.1, 0.15) is 52.4 Å². The third-order valence-electron chi connectivity index (χ3n) is 8.44. The second-order valence-electron chi connectivity index (χ2n) is 9.26. The van der Waals surface area contributed by atoms with Crippen molar-refractivity contribution in [2.75, 3.05) is 0 Å². The summed E-state index contributed by atoms with van der Waals surface area (Å²) in [6.45, 7) is 8.14. The Balaban J connectivity index is 1.88. The number of rotatable bonds is 1. The van der Waals surface area contributed by atoms with Crippen LogP contribution in [-0.2, 0) is 9.59 Å². The van der Waals surface area contributed by atoms with Gasteiger partial charge in [-0.1, -0.05) is 26.8 Å². The fourth-order valence-electron chi connectivity index (χ4n) is 7.31. The monoisotopic (exact) mass is 332 g/mol. The van der Waals surface area contributed by atoms with Gasteiger partial charge in [-0.05, 0) is 54.9 Å². The van der Waals surface area contributed by atoms with Crippen molar-refractivity contribution in [3.05, 3.63) is 12.2 Å². The highest BCUT2D eigenvalue weighted by Crippen LogP contribution is 2.70. The second-order valence-corrected chi connectivity index (χ2v) is 9.26. The summed E-state index contributed by atoms with van der Waals surface area (Å²) in [6, 6.07) is 0. The molecule has 0 radical (unpaired) electrons. The van der Waals surface area contributed by atoms with E-state index in [1.165, 1.54) is 0 Å². The van der Waals surface area contributed by atoms with E-state index in [1.54, 1.807) is 0 Å². The summed E-state index contributed by atoms with van der Waals surface area (Å²) >= 11 is 0. The van der Waals surface area contributed by atoms with E-state index in [0.717, 1.165) is 38.4 Å². The molecule has 24 heavy (non-hydrogen) atoms. The van der Waals surface area contributed by atoms with Crippen LogP contribution in [0.4, 0.5) is 0 Å². The van der Waals surface area contributed by atoms with Gasteiger partial charge in [0.2, 0.25) is 0 Å². The average molecular weight is 332 g/mol. The molecular weight excluding hydrogens is 304 g/mol. The zero-order valence-corrected chi connectivity index (χ0v) is 14.6. The van der Waals surface area contributed by atoms with Crippen LogP contribution in [-0.4, -0.2) is 34.5 Å². The normalized spacial score (nSPS) is 56.6. The lowest BCUT2D eigenvalue weighted by atomic mass is 9.40. The van der Waals surface area contributed by atoms with Crippen molar-refractivity contribution >= 4 is 12.1 Å². The van der Waals surface area contributed by atoms with Crippen LogP contribution in [0.5, 0.6) is 0 Å². The van der Waals surface area contributed by atoms with E-state index in [-0.39, 0.29) is 29.0 Å². The molecule has 0 saturated heterocycles. The minimum absolute atomic E-state index is 0.0623. The van der Waals surface area contributed by atoms with Gasteiger partial charge in [-0.3, -0.25) is 4.79 Å². The van der Waals surface area contributed by atoms with Crippen LogP contribution in [0, 0.1) is 34.0 Å². The van der Waals surface area contributed by atoms with Crippen molar-refractivity contribution in [1.29, 1.82) is 0 Å². The number of aldehydes is 1. The van der Waals surface area contributed by atoms with Crippen molar-refractivity contribution in [3.63, 3.8) is 0 Å². The summed E-state index contributed by atoms with van der Waals surface area (Å²) in [4.78, 5) is 25.0. The summed E-state index contributed by atoms with van der Waals surface area (Å²) in [7, 11) is 0. The van der Waals surface area contributed by atoms with Gasteiger partial charge in [0.1, 0.15) is 6.29 Å². The fraction of sp³-hybridized carbons (Fsp3) is 0.800. The standard InChI is InChI=1S/C20H28O4/c1-11-12-5-6-13-19(3)8-4-7-18(2,10-21)14(19)9-15(22)20(13,16(11)23)17(12)24/h10,12-15,17,22,24H,1,4-9H2,2-3H3/t12-,13-,14+,15+,17-,18+,19-,20-/m0/s1. The van der Waals surface area contributed by atoms with Gasteiger partial charge in [-0.15, -0.1) is 0 Å². The molecule has 0 unspecified atom stereocenters. The molecule has 2 N–H and O–H groups in total. The van der Waals surface area contributed by atoms with Gasteiger partial charge in [0.25, 0.3) is 0 Å². The number of fused-ring (bicyclic) bond motifs is 3. The first kappa shape index (κ1) is 16.5. The maximum Gasteiger partial charge on any atom is 0.170 e. The van der Waals surface area contributed by atoms with Crippen molar-refractivity contribution < 1.29 is 19.8 Å². The van der Waals surface area contributed by atoms with Crippen LogP contribution in [0.25, 0.3) is 0 Å². The maximum absolute atomic E-state index is 13.1. The van der Waals surface area contributed by atoms with E-state index in [4.69, 9.17) is 0 Å². The topological polar surface area (TPSA) is 74.6 Å². The third-order valence-corrected chi connectivity index (χ3v) is 8.44. The molecule has 132 valence electrons. The third kappa shape index (κ3) is 1.58. The first-order chi connectivity index (χ1) is 11.2. The lowest BCUT2D eigenvalue weighted by Crippen LogP contribution is -2.67. The predicted octanol–water partition coefficient (Wildman–Crippen LogP) is 2.28. The Bertz CT molecular complexity index is 627.